The highest BCUT2D eigenvalue weighted by atomic mass is 35.5. The molecule has 2 aromatic rings. The van der Waals surface area contributed by atoms with Gasteiger partial charge in [-0.3, -0.25) is 0 Å². The Morgan fingerprint density at radius 2 is 2.18 bits per heavy atom. The highest BCUT2D eigenvalue weighted by molar-refractivity contribution is 6.31. The molecule has 0 saturated heterocycles. The molecule has 0 fully saturated rings. The molecule has 0 unspecified atom stereocenters. The van der Waals surface area contributed by atoms with Gasteiger partial charge in [0.05, 0.1) is 12.1 Å². The minimum Gasteiger partial charge on any atom is -0.466 e. The number of pyridine rings is 1. The molecular formula is C13H9ClF3N3O2. The van der Waals surface area contributed by atoms with Crippen LogP contribution in [0.5, 0.6) is 0 Å². The van der Waals surface area contributed by atoms with Gasteiger partial charge in [0.15, 0.2) is 11.5 Å². The molecule has 0 aliphatic heterocycles. The molecule has 0 aromatic carbocycles. The summed E-state index contributed by atoms with van der Waals surface area (Å²) < 4.78 is 44.3. The van der Waals surface area contributed by atoms with E-state index in [-0.39, 0.29) is 11.4 Å². The van der Waals surface area contributed by atoms with Gasteiger partial charge >= 0.3 is 12.1 Å². The molecule has 2 heterocycles. The van der Waals surface area contributed by atoms with E-state index in [2.05, 4.69) is 14.8 Å². The lowest BCUT2D eigenvalue weighted by molar-refractivity contribution is -0.141. The first-order valence-corrected chi connectivity index (χ1v) is 6.24. The average molecular weight is 332 g/mol. The molecule has 9 heteroatoms. The van der Waals surface area contributed by atoms with Crippen molar-refractivity contribution in [3.63, 3.8) is 0 Å². The fraction of sp³-hybridized carbons (Fsp3) is 0.154. The molecule has 0 amide bonds. The van der Waals surface area contributed by atoms with Gasteiger partial charge in [-0.1, -0.05) is 11.6 Å². The Morgan fingerprint density at radius 3 is 2.73 bits per heavy atom. The molecule has 0 aliphatic rings. The second-order valence-corrected chi connectivity index (χ2v) is 4.44. The highest BCUT2D eigenvalue weighted by Crippen LogP contribution is 2.35. The number of ether oxygens (including phenoxy) is 1. The van der Waals surface area contributed by atoms with Crippen molar-refractivity contribution in [3.05, 3.63) is 46.9 Å². The van der Waals surface area contributed by atoms with Crippen LogP contribution in [0.25, 0.3) is 11.9 Å². The van der Waals surface area contributed by atoms with Crippen molar-refractivity contribution >= 4 is 23.6 Å². The zero-order valence-corrected chi connectivity index (χ0v) is 11.9. The first-order valence-electron chi connectivity index (χ1n) is 5.86. The maximum absolute atomic E-state index is 12.9. The van der Waals surface area contributed by atoms with E-state index >= 15 is 0 Å². The van der Waals surface area contributed by atoms with Crippen LogP contribution in [0.4, 0.5) is 13.2 Å². The first-order chi connectivity index (χ1) is 10.3. The number of hydrogen-bond acceptors (Lipinski definition) is 4. The minimum absolute atomic E-state index is 0.109. The van der Waals surface area contributed by atoms with E-state index in [0.29, 0.717) is 0 Å². The van der Waals surface area contributed by atoms with Gasteiger partial charge in [-0.05, 0) is 18.2 Å². The molecule has 116 valence electrons. The molecule has 0 N–H and O–H groups in total. The van der Waals surface area contributed by atoms with Crippen molar-refractivity contribution in [2.45, 2.75) is 6.18 Å². The van der Waals surface area contributed by atoms with Crippen LogP contribution in [0.2, 0.25) is 5.02 Å². The van der Waals surface area contributed by atoms with Crippen LogP contribution in [0.15, 0.2) is 30.6 Å². The Bertz CT molecular complexity index is 712. The average Bonchev–Trinajstić information content (AvgIpc) is 2.97. The van der Waals surface area contributed by atoms with Crippen molar-refractivity contribution in [1.82, 2.24) is 14.8 Å². The SMILES string of the molecule is COC(=O)C=Cc1cc(Cl)c(C(F)(F)F)nc1-n1cccn1. The normalized spacial score (nSPS) is 11.9. The third-order valence-corrected chi connectivity index (χ3v) is 2.86. The summed E-state index contributed by atoms with van der Waals surface area (Å²) in [5.41, 5.74) is -1.04. The molecule has 0 bridgehead atoms. The summed E-state index contributed by atoms with van der Waals surface area (Å²) in [6, 6.07) is 2.59. The van der Waals surface area contributed by atoms with Crippen LogP contribution in [-0.2, 0) is 15.7 Å². The van der Waals surface area contributed by atoms with E-state index in [0.717, 1.165) is 16.8 Å². The number of nitrogens with zero attached hydrogens (tertiary/aromatic N) is 3. The Morgan fingerprint density at radius 1 is 1.45 bits per heavy atom. The maximum Gasteiger partial charge on any atom is 0.434 e. The maximum atomic E-state index is 12.9. The molecule has 22 heavy (non-hydrogen) atoms. The number of aromatic nitrogens is 3. The molecule has 0 saturated carbocycles. The zero-order valence-electron chi connectivity index (χ0n) is 11.1. The van der Waals surface area contributed by atoms with Gasteiger partial charge in [0.1, 0.15) is 0 Å². The first kappa shape index (κ1) is 16.0. The monoisotopic (exact) mass is 331 g/mol. The van der Waals surface area contributed by atoms with Crippen LogP contribution in [0.3, 0.4) is 0 Å². The highest BCUT2D eigenvalue weighted by Gasteiger charge is 2.36. The summed E-state index contributed by atoms with van der Waals surface area (Å²) in [4.78, 5) is 14.7. The van der Waals surface area contributed by atoms with Crippen molar-refractivity contribution in [2.24, 2.45) is 0 Å². The second-order valence-electron chi connectivity index (χ2n) is 4.04. The quantitative estimate of drug-likeness (QED) is 0.640. The van der Waals surface area contributed by atoms with Crippen molar-refractivity contribution < 1.29 is 22.7 Å². The number of halogens is 4. The minimum atomic E-state index is -4.70. The fourth-order valence-electron chi connectivity index (χ4n) is 1.62. The van der Waals surface area contributed by atoms with E-state index in [4.69, 9.17) is 11.6 Å². The topological polar surface area (TPSA) is 57.0 Å². The van der Waals surface area contributed by atoms with E-state index in [9.17, 15) is 18.0 Å². The van der Waals surface area contributed by atoms with Gasteiger partial charge < -0.3 is 4.74 Å². The Hall–Kier alpha value is -2.35. The van der Waals surface area contributed by atoms with Crippen LogP contribution in [-0.4, -0.2) is 27.8 Å². The zero-order chi connectivity index (χ0) is 16.3. The molecule has 0 spiro atoms. The number of alkyl halides is 3. The predicted octanol–water partition coefficient (Wildman–Crippen LogP) is 3.13. The smallest absolute Gasteiger partial charge is 0.434 e. The number of hydrogen-bond donors (Lipinski definition) is 0. The summed E-state index contributed by atoms with van der Waals surface area (Å²) in [6.45, 7) is 0. The molecule has 0 radical (unpaired) electrons. The third kappa shape index (κ3) is 3.45. The van der Waals surface area contributed by atoms with E-state index in [1.165, 1.54) is 31.6 Å². The number of carbonyl (C=O) groups is 1. The largest absolute Gasteiger partial charge is 0.466 e. The van der Waals surface area contributed by atoms with Crippen LogP contribution in [0, 0.1) is 0 Å². The summed E-state index contributed by atoms with van der Waals surface area (Å²) in [6.07, 6.45) is 0.405. The van der Waals surface area contributed by atoms with Crippen LogP contribution in [0.1, 0.15) is 11.3 Å². The molecule has 0 aliphatic carbocycles. The molecular weight excluding hydrogens is 323 g/mol. The molecule has 2 aromatic heterocycles. The van der Waals surface area contributed by atoms with Crippen molar-refractivity contribution in [3.8, 4) is 5.82 Å². The molecule has 5 nitrogen and oxygen atoms in total. The fourth-order valence-corrected chi connectivity index (χ4v) is 1.89. The number of carbonyl (C=O) groups excluding carboxylic acids is 1. The van der Waals surface area contributed by atoms with E-state index in [1.54, 1.807) is 0 Å². The Balaban J connectivity index is 2.60. The standard InChI is InChI=1S/C13H9ClF3N3O2/c1-22-10(21)4-3-8-7-9(14)11(13(15,16)17)19-12(8)20-6-2-5-18-20/h2-7H,1H3. The summed E-state index contributed by atoms with van der Waals surface area (Å²) in [5.74, 6) is -0.774. The van der Waals surface area contributed by atoms with Crippen molar-refractivity contribution in [1.29, 1.82) is 0 Å². The Labute approximate surface area is 128 Å². The van der Waals surface area contributed by atoms with E-state index < -0.39 is 22.9 Å². The predicted molar refractivity (Wildman–Crippen MR) is 72.4 cm³/mol. The van der Waals surface area contributed by atoms with Gasteiger partial charge in [-0.15, -0.1) is 0 Å². The second kappa shape index (κ2) is 6.18. The summed E-state index contributed by atoms with van der Waals surface area (Å²) in [7, 11) is 1.18. The number of methoxy groups -OCH3 is 1. The van der Waals surface area contributed by atoms with Crippen LogP contribution < -0.4 is 0 Å². The van der Waals surface area contributed by atoms with E-state index in [1.807, 2.05) is 0 Å². The summed E-state index contributed by atoms with van der Waals surface area (Å²) >= 11 is 5.63. The van der Waals surface area contributed by atoms with Crippen molar-refractivity contribution in [2.75, 3.05) is 7.11 Å². The van der Waals surface area contributed by atoms with Gasteiger partial charge in [0.25, 0.3) is 0 Å². The lowest BCUT2D eigenvalue weighted by atomic mass is 10.2. The van der Waals surface area contributed by atoms with Crippen LogP contribution >= 0.6 is 11.6 Å². The molecule has 2 rings (SSSR count). The lowest BCUT2D eigenvalue weighted by Gasteiger charge is -2.12. The van der Waals surface area contributed by atoms with Gasteiger partial charge in [-0.25, -0.2) is 14.5 Å². The van der Waals surface area contributed by atoms with Gasteiger partial charge in [0.2, 0.25) is 0 Å². The van der Waals surface area contributed by atoms with Gasteiger partial charge in [-0.2, -0.15) is 18.3 Å². The molecule has 0 atom stereocenters. The summed E-state index contributed by atoms with van der Waals surface area (Å²) in [5, 5.41) is 3.26. The third-order valence-electron chi connectivity index (χ3n) is 2.57. The number of rotatable bonds is 3. The Kier molecular flexibility index (Phi) is 4.51. The number of esters is 1. The lowest BCUT2D eigenvalue weighted by Crippen LogP contribution is -2.13. The van der Waals surface area contributed by atoms with Gasteiger partial charge in [0, 0.05) is 24.0 Å².